The number of esters is 2. The number of phenols is 1. The van der Waals surface area contributed by atoms with E-state index < -0.39 is 11.9 Å². The van der Waals surface area contributed by atoms with E-state index in [-0.39, 0.29) is 38.6 Å². The molecular formula is C22H23IN2O5S. The fourth-order valence-corrected chi connectivity index (χ4v) is 4.72. The van der Waals surface area contributed by atoms with Gasteiger partial charge in [-0.1, -0.05) is 12.1 Å². The van der Waals surface area contributed by atoms with E-state index in [0.29, 0.717) is 9.13 Å². The minimum absolute atomic E-state index is 0.0892. The molecule has 31 heavy (non-hydrogen) atoms. The van der Waals surface area contributed by atoms with Crippen LogP contribution in [0, 0.1) is 3.57 Å². The van der Waals surface area contributed by atoms with Crippen molar-refractivity contribution in [2.45, 2.75) is 20.4 Å². The number of thiazole rings is 1. The first-order valence-corrected chi connectivity index (χ1v) is 11.7. The molecule has 1 heterocycles. The van der Waals surface area contributed by atoms with Crippen molar-refractivity contribution >= 4 is 56.1 Å². The normalized spacial score (nSPS) is 11.1. The number of hydrogen-bond acceptors (Lipinski definition) is 8. The predicted octanol–water partition coefficient (Wildman–Crippen LogP) is 4.20. The molecule has 3 rings (SSSR count). The zero-order valence-electron chi connectivity index (χ0n) is 17.3. The first kappa shape index (κ1) is 23.4. The number of ether oxygens (including phenoxy) is 2. The molecule has 0 unspecified atom stereocenters. The maximum Gasteiger partial charge on any atom is 0.320 e. The molecule has 0 atom stereocenters. The summed E-state index contributed by atoms with van der Waals surface area (Å²) < 4.78 is 11.8. The molecule has 0 aliphatic rings. The molecule has 9 heteroatoms. The number of rotatable bonds is 9. The second kappa shape index (κ2) is 10.9. The average molecular weight is 554 g/mol. The molecule has 0 saturated heterocycles. The van der Waals surface area contributed by atoms with Crippen molar-refractivity contribution in [2.75, 3.05) is 26.3 Å². The van der Waals surface area contributed by atoms with Gasteiger partial charge in [-0.05, 0) is 60.7 Å². The lowest BCUT2D eigenvalue weighted by molar-refractivity contribution is -0.148. The van der Waals surface area contributed by atoms with Gasteiger partial charge < -0.3 is 14.6 Å². The van der Waals surface area contributed by atoms with Crippen LogP contribution in [-0.4, -0.2) is 53.2 Å². The maximum atomic E-state index is 12.0. The summed E-state index contributed by atoms with van der Waals surface area (Å²) in [7, 11) is 0. The summed E-state index contributed by atoms with van der Waals surface area (Å²) >= 11 is 3.64. The van der Waals surface area contributed by atoms with E-state index in [1.54, 1.807) is 30.1 Å². The Morgan fingerprint density at radius 2 is 1.74 bits per heavy atom. The van der Waals surface area contributed by atoms with Crippen LogP contribution in [0.5, 0.6) is 5.75 Å². The van der Waals surface area contributed by atoms with Crippen molar-refractivity contribution in [3.8, 4) is 16.3 Å². The van der Waals surface area contributed by atoms with Gasteiger partial charge in [-0.15, -0.1) is 11.3 Å². The van der Waals surface area contributed by atoms with E-state index in [2.05, 4.69) is 22.6 Å². The lowest BCUT2D eigenvalue weighted by Crippen LogP contribution is -2.35. The highest BCUT2D eigenvalue weighted by Gasteiger charge is 2.20. The Kier molecular flexibility index (Phi) is 8.22. The lowest BCUT2D eigenvalue weighted by atomic mass is 10.1. The number of phenolic OH excluding ortho intramolecular Hbond substituents is 1. The third-order valence-electron chi connectivity index (χ3n) is 4.39. The van der Waals surface area contributed by atoms with E-state index >= 15 is 0 Å². The van der Waals surface area contributed by atoms with Gasteiger partial charge in [0.1, 0.15) is 10.8 Å². The molecule has 1 aromatic heterocycles. The quantitative estimate of drug-likeness (QED) is 0.313. The Bertz CT molecular complexity index is 1030. The van der Waals surface area contributed by atoms with E-state index in [0.717, 1.165) is 20.8 Å². The number of hydrogen-bond donors (Lipinski definition) is 1. The van der Waals surface area contributed by atoms with E-state index in [4.69, 9.17) is 14.5 Å². The lowest BCUT2D eigenvalue weighted by Gasteiger charge is -2.21. The summed E-state index contributed by atoms with van der Waals surface area (Å²) in [6, 6.07) is 11.6. The minimum Gasteiger partial charge on any atom is -0.507 e. The Hall–Kier alpha value is -2.24. The van der Waals surface area contributed by atoms with Crippen LogP contribution < -0.4 is 0 Å². The average Bonchev–Trinajstić information content (AvgIpc) is 3.15. The van der Waals surface area contributed by atoms with Crippen molar-refractivity contribution in [3.05, 3.63) is 45.5 Å². The van der Waals surface area contributed by atoms with E-state index in [1.807, 2.05) is 36.4 Å². The van der Waals surface area contributed by atoms with E-state index in [9.17, 15) is 14.7 Å². The summed E-state index contributed by atoms with van der Waals surface area (Å²) in [6.45, 7) is 3.96. The Labute approximate surface area is 198 Å². The molecule has 0 aliphatic carbocycles. The molecular weight excluding hydrogens is 531 g/mol. The van der Waals surface area contributed by atoms with Crippen LogP contribution in [0.15, 0.2) is 36.4 Å². The van der Waals surface area contributed by atoms with Crippen LogP contribution in [0.4, 0.5) is 0 Å². The number of carbonyl (C=O) groups excluding carboxylic acids is 2. The topological polar surface area (TPSA) is 89.0 Å². The third kappa shape index (κ3) is 6.14. The monoisotopic (exact) mass is 554 g/mol. The van der Waals surface area contributed by atoms with Gasteiger partial charge in [-0.3, -0.25) is 14.5 Å². The second-order valence-electron chi connectivity index (χ2n) is 6.71. The number of aromatic hydroxyl groups is 1. The van der Waals surface area contributed by atoms with Gasteiger partial charge in [0, 0.05) is 17.7 Å². The van der Waals surface area contributed by atoms with Crippen molar-refractivity contribution in [2.24, 2.45) is 0 Å². The van der Waals surface area contributed by atoms with Crippen molar-refractivity contribution in [3.63, 3.8) is 0 Å². The molecule has 0 saturated carbocycles. The molecule has 0 radical (unpaired) electrons. The zero-order chi connectivity index (χ0) is 22.4. The molecule has 0 spiro atoms. The molecule has 0 aliphatic heterocycles. The zero-order valence-corrected chi connectivity index (χ0v) is 20.2. The third-order valence-corrected chi connectivity index (χ3v) is 6.30. The van der Waals surface area contributed by atoms with Gasteiger partial charge in [0.05, 0.1) is 40.1 Å². The van der Waals surface area contributed by atoms with Gasteiger partial charge in [-0.25, -0.2) is 4.98 Å². The Morgan fingerprint density at radius 1 is 1.10 bits per heavy atom. The van der Waals surface area contributed by atoms with Crippen molar-refractivity contribution in [1.29, 1.82) is 0 Å². The largest absolute Gasteiger partial charge is 0.507 e. The summed E-state index contributed by atoms with van der Waals surface area (Å²) in [5, 5.41) is 11.5. The van der Waals surface area contributed by atoms with Crippen molar-refractivity contribution < 1.29 is 24.2 Å². The van der Waals surface area contributed by atoms with Gasteiger partial charge in [0.15, 0.2) is 0 Å². The van der Waals surface area contributed by atoms with Gasteiger partial charge in [-0.2, -0.15) is 0 Å². The maximum absolute atomic E-state index is 12.0. The molecule has 164 valence electrons. The van der Waals surface area contributed by atoms with Crippen molar-refractivity contribution in [1.82, 2.24) is 9.88 Å². The Balaban J connectivity index is 1.90. The van der Waals surface area contributed by atoms with Crippen LogP contribution >= 0.6 is 33.9 Å². The highest BCUT2D eigenvalue weighted by atomic mass is 127. The SMILES string of the molecule is CCOC(=O)CN(CC(=O)OCC)Cc1cc(-c2nc3ccccc3s2)cc(I)c1O. The first-order valence-electron chi connectivity index (χ1n) is 9.82. The standard InChI is InChI=1S/C22H23IN2O5S/c1-3-29-19(26)12-25(13-20(27)30-4-2)11-15-9-14(10-16(23)21(15)28)22-24-17-7-5-6-8-18(17)31-22/h5-10,28H,3-4,11-13H2,1-2H3. The molecule has 1 N–H and O–H groups in total. The first-order chi connectivity index (χ1) is 14.9. The smallest absolute Gasteiger partial charge is 0.320 e. The fourth-order valence-electron chi connectivity index (χ4n) is 3.08. The number of fused-ring (bicyclic) bond motifs is 1. The summed E-state index contributed by atoms with van der Waals surface area (Å²) in [6.07, 6.45) is 0. The van der Waals surface area contributed by atoms with Crippen LogP contribution in [0.25, 0.3) is 20.8 Å². The molecule has 2 aromatic carbocycles. The minimum atomic E-state index is -0.441. The van der Waals surface area contributed by atoms with Gasteiger partial charge >= 0.3 is 11.9 Å². The molecule has 7 nitrogen and oxygen atoms in total. The second-order valence-corrected chi connectivity index (χ2v) is 8.90. The highest BCUT2D eigenvalue weighted by molar-refractivity contribution is 14.1. The molecule has 0 amide bonds. The number of aromatic nitrogens is 1. The van der Waals surface area contributed by atoms with Crippen LogP contribution in [0.2, 0.25) is 0 Å². The Morgan fingerprint density at radius 3 is 2.35 bits per heavy atom. The van der Waals surface area contributed by atoms with Gasteiger partial charge in [0.25, 0.3) is 0 Å². The number of carbonyl (C=O) groups is 2. The summed E-state index contributed by atoms with van der Waals surface area (Å²) in [4.78, 5) is 30.4. The predicted molar refractivity (Wildman–Crippen MR) is 128 cm³/mol. The van der Waals surface area contributed by atoms with Crippen LogP contribution in [-0.2, 0) is 25.6 Å². The number of nitrogens with zero attached hydrogens (tertiary/aromatic N) is 2. The summed E-state index contributed by atoms with van der Waals surface area (Å²) in [5.74, 6) is -0.769. The molecule has 3 aromatic rings. The number of halogens is 1. The number of para-hydroxylation sites is 1. The number of benzene rings is 2. The van der Waals surface area contributed by atoms with E-state index in [1.165, 1.54) is 0 Å². The molecule has 0 bridgehead atoms. The molecule has 0 fully saturated rings. The van der Waals surface area contributed by atoms with Gasteiger partial charge in [0.2, 0.25) is 0 Å². The van der Waals surface area contributed by atoms with Crippen LogP contribution in [0.1, 0.15) is 19.4 Å². The van der Waals surface area contributed by atoms with Crippen LogP contribution in [0.3, 0.4) is 0 Å². The summed E-state index contributed by atoms with van der Waals surface area (Å²) in [5.41, 5.74) is 2.37. The highest BCUT2D eigenvalue weighted by Crippen LogP contribution is 2.35. The fraction of sp³-hybridized carbons (Fsp3) is 0.318.